The van der Waals surface area contributed by atoms with E-state index in [4.69, 9.17) is 0 Å². The number of benzene rings is 1. The normalized spacial score (nSPS) is 18.5. The molecule has 3 rings (SSSR count). The summed E-state index contributed by atoms with van der Waals surface area (Å²) in [6.45, 7) is 2.35. The summed E-state index contributed by atoms with van der Waals surface area (Å²) in [7, 11) is 0. The van der Waals surface area contributed by atoms with Crippen LogP contribution in [0.4, 0.5) is 11.4 Å². The second kappa shape index (κ2) is 3.33. The van der Waals surface area contributed by atoms with E-state index in [0.29, 0.717) is 5.69 Å². The Hall–Kier alpha value is -1.38. The van der Waals surface area contributed by atoms with Crippen molar-refractivity contribution in [1.29, 1.82) is 0 Å². The molecular formula is C12H14N2O. The van der Waals surface area contributed by atoms with Crippen LogP contribution >= 0.6 is 0 Å². The van der Waals surface area contributed by atoms with Gasteiger partial charge >= 0.3 is 0 Å². The summed E-state index contributed by atoms with van der Waals surface area (Å²) >= 11 is 0. The summed E-state index contributed by atoms with van der Waals surface area (Å²) in [5.41, 5.74) is 4.66. The van der Waals surface area contributed by atoms with E-state index in [0.717, 1.165) is 12.8 Å². The van der Waals surface area contributed by atoms with Gasteiger partial charge in [-0.1, -0.05) is 0 Å². The van der Waals surface area contributed by atoms with Crippen molar-refractivity contribution in [3.8, 4) is 0 Å². The van der Waals surface area contributed by atoms with Crippen LogP contribution in [0.25, 0.3) is 0 Å². The van der Waals surface area contributed by atoms with Gasteiger partial charge in [0.25, 0.3) is 0 Å². The Bertz CT molecular complexity index is 383. The van der Waals surface area contributed by atoms with Crippen molar-refractivity contribution in [1.82, 2.24) is 0 Å². The van der Waals surface area contributed by atoms with Gasteiger partial charge in [-0.05, 0) is 54.1 Å². The van der Waals surface area contributed by atoms with Gasteiger partial charge in [-0.3, -0.25) is 0 Å². The topological polar surface area (TPSA) is 32.7 Å². The van der Waals surface area contributed by atoms with Crippen molar-refractivity contribution in [2.75, 3.05) is 18.0 Å². The summed E-state index contributed by atoms with van der Waals surface area (Å²) in [5, 5.41) is 3.07. The Morgan fingerprint density at radius 1 is 1.07 bits per heavy atom. The first-order chi connectivity index (χ1) is 7.38. The van der Waals surface area contributed by atoms with E-state index in [1.807, 2.05) is 12.1 Å². The number of nitroso groups, excluding NO2 is 1. The van der Waals surface area contributed by atoms with Gasteiger partial charge < -0.3 is 4.90 Å². The third-order valence-electron chi connectivity index (χ3n) is 3.42. The monoisotopic (exact) mass is 202 g/mol. The molecule has 0 spiro atoms. The number of hydrogen-bond donors (Lipinski definition) is 0. The minimum absolute atomic E-state index is 0.604. The third-order valence-corrected chi connectivity index (χ3v) is 3.42. The van der Waals surface area contributed by atoms with Gasteiger partial charge in [0.15, 0.2) is 0 Å². The minimum Gasteiger partial charge on any atom is -0.371 e. The smallest absolute Gasteiger partial charge is 0.108 e. The van der Waals surface area contributed by atoms with E-state index in [-0.39, 0.29) is 0 Å². The van der Waals surface area contributed by atoms with Crippen LogP contribution in [0.5, 0.6) is 0 Å². The van der Waals surface area contributed by atoms with E-state index in [2.05, 4.69) is 10.1 Å². The second-order valence-electron chi connectivity index (χ2n) is 4.40. The maximum Gasteiger partial charge on any atom is 0.108 e. The van der Waals surface area contributed by atoms with Crippen LogP contribution in [0.1, 0.15) is 24.0 Å². The van der Waals surface area contributed by atoms with E-state index in [9.17, 15) is 4.91 Å². The Labute approximate surface area is 89.1 Å². The first-order valence-corrected chi connectivity index (χ1v) is 5.62. The van der Waals surface area contributed by atoms with Crippen molar-refractivity contribution in [3.05, 3.63) is 28.2 Å². The SMILES string of the molecule is O=Nc1cc2c3c(c1)CCCN3CCC2. The molecule has 0 fully saturated rings. The molecule has 0 amide bonds. The van der Waals surface area contributed by atoms with E-state index in [1.165, 1.54) is 42.7 Å². The molecule has 2 aliphatic heterocycles. The molecule has 0 bridgehead atoms. The molecule has 2 heterocycles. The van der Waals surface area contributed by atoms with E-state index < -0.39 is 0 Å². The molecule has 78 valence electrons. The van der Waals surface area contributed by atoms with Crippen LogP contribution in [-0.2, 0) is 12.8 Å². The molecule has 3 heteroatoms. The predicted octanol–water partition coefficient (Wildman–Crippen LogP) is 2.78. The second-order valence-corrected chi connectivity index (χ2v) is 4.40. The molecule has 0 aromatic heterocycles. The molecule has 2 aliphatic rings. The molecule has 0 aliphatic carbocycles. The zero-order valence-corrected chi connectivity index (χ0v) is 8.70. The summed E-state index contributed by atoms with van der Waals surface area (Å²) < 4.78 is 0. The summed E-state index contributed by atoms with van der Waals surface area (Å²) in [6.07, 6.45) is 4.61. The van der Waals surface area contributed by atoms with Gasteiger partial charge in [-0.25, -0.2) is 0 Å². The lowest BCUT2D eigenvalue weighted by molar-refractivity contribution is 0.634. The zero-order chi connectivity index (χ0) is 10.3. The fourth-order valence-electron chi connectivity index (χ4n) is 2.84. The Morgan fingerprint density at radius 2 is 1.67 bits per heavy atom. The lowest BCUT2D eigenvalue weighted by Gasteiger charge is -2.36. The van der Waals surface area contributed by atoms with Crippen LogP contribution in [0.15, 0.2) is 17.3 Å². The fourth-order valence-corrected chi connectivity index (χ4v) is 2.84. The van der Waals surface area contributed by atoms with Gasteiger partial charge in [0.05, 0.1) is 0 Å². The molecule has 3 nitrogen and oxygen atoms in total. The molecular weight excluding hydrogens is 188 g/mol. The number of anilines is 1. The molecule has 1 aromatic carbocycles. The average molecular weight is 202 g/mol. The Morgan fingerprint density at radius 3 is 2.20 bits per heavy atom. The van der Waals surface area contributed by atoms with Crippen LogP contribution < -0.4 is 4.90 Å². The molecule has 0 atom stereocenters. The van der Waals surface area contributed by atoms with Crippen molar-refractivity contribution in [3.63, 3.8) is 0 Å². The third kappa shape index (κ3) is 1.34. The van der Waals surface area contributed by atoms with E-state index >= 15 is 0 Å². The first-order valence-electron chi connectivity index (χ1n) is 5.62. The summed E-state index contributed by atoms with van der Waals surface area (Å²) in [4.78, 5) is 13.1. The van der Waals surface area contributed by atoms with Gasteiger partial charge in [0, 0.05) is 18.8 Å². The highest BCUT2D eigenvalue weighted by Gasteiger charge is 2.24. The highest BCUT2D eigenvalue weighted by Crippen LogP contribution is 2.37. The van der Waals surface area contributed by atoms with Gasteiger partial charge in [0.1, 0.15) is 5.69 Å². The largest absolute Gasteiger partial charge is 0.371 e. The summed E-state index contributed by atoms with van der Waals surface area (Å²) in [6, 6.07) is 3.92. The van der Waals surface area contributed by atoms with Gasteiger partial charge in [-0.15, -0.1) is 4.91 Å². The summed E-state index contributed by atoms with van der Waals surface area (Å²) in [5.74, 6) is 0. The average Bonchev–Trinajstić information content (AvgIpc) is 2.29. The lowest BCUT2D eigenvalue weighted by atomic mass is 9.91. The number of rotatable bonds is 1. The molecule has 0 unspecified atom stereocenters. The molecule has 0 saturated carbocycles. The molecule has 15 heavy (non-hydrogen) atoms. The van der Waals surface area contributed by atoms with Crippen molar-refractivity contribution < 1.29 is 0 Å². The molecule has 0 N–H and O–H groups in total. The first kappa shape index (κ1) is 8.89. The van der Waals surface area contributed by atoms with Crippen LogP contribution in [-0.4, -0.2) is 13.1 Å². The standard InChI is InChI=1S/C12H14N2O/c15-13-11-7-9-3-1-5-14-6-2-4-10(8-11)12(9)14/h7-8H,1-6H2. The van der Waals surface area contributed by atoms with Crippen molar-refractivity contribution >= 4 is 11.4 Å². The Balaban J connectivity index is 2.19. The van der Waals surface area contributed by atoms with Crippen LogP contribution in [0.3, 0.4) is 0 Å². The molecule has 0 radical (unpaired) electrons. The van der Waals surface area contributed by atoms with Gasteiger partial charge in [0.2, 0.25) is 0 Å². The zero-order valence-electron chi connectivity index (χ0n) is 8.70. The van der Waals surface area contributed by atoms with Gasteiger partial charge in [-0.2, -0.15) is 0 Å². The van der Waals surface area contributed by atoms with Crippen LogP contribution in [0, 0.1) is 4.91 Å². The minimum atomic E-state index is 0.604. The number of aryl methyl sites for hydroxylation is 2. The highest BCUT2D eigenvalue weighted by atomic mass is 16.3. The van der Waals surface area contributed by atoms with E-state index in [1.54, 1.807) is 0 Å². The number of hydrogen-bond acceptors (Lipinski definition) is 3. The number of nitrogens with zero attached hydrogens (tertiary/aromatic N) is 2. The van der Waals surface area contributed by atoms with Crippen LogP contribution in [0.2, 0.25) is 0 Å². The Kier molecular flexibility index (Phi) is 1.97. The van der Waals surface area contributed by atoms with Crippen molar-refractivity contribution in [2.24, 2.45) is 5.18 Å². The maximum absolute atomic E-state index is 10.6. The molecule has 1 aromatic rings. The molecule has 0 saturated heterocycles. The highest BCUT2D eigenvalue weighted by molar-refractivity contribution is 5.67. The lowest BCUT2D eigenvalue weighted by Crippen LogP contribution is -2.34. The maximum atomic E-state index is 10.6. The fraction of sp³-hybridized carbons (Fsp3) is 0.500. The predicted molar refractivity (Wildman–Crippen MR) is 60.8 cm³/mol. The quantitative estimate of drug-likeness (QED) is 0.656. The van der Waals surface area contributed by atoms with Crippen molar-refractivity contribution in [2.45, 2.75) is 25.7 Å².